The fourth-order valence-electron chi connectivity index (χ4n) is 2.34. The van der Waals surface area contributed by atoms with Gasteiger partial charge in [-0.3, -0.25) is 0 Å². The van der Waals surface area contributed by atoms with Gasteiger partial charge in [-0.05, 0) is 50.5 Å². The summed E-state index contributed by atoms with van der Waals surface area (Å²) in [4.78, 5) is 11.3. The topological polar surface area (TPSA) is 26.3 Å². The molecule has 1 atom stereocenters. The summed E-state index contributed by atoms with van der Waals surface area (Å²) in [6.45, 7) is 11.8. The highest BCUT2D eigenvalue weighted by atomic mass is 16.6. The highest BCUT2D eigenvalue weighted by Gasteiger charge is 2.30. The monoisotopic (exact) mass is 236 g/mol. The third kappa shape index (κ3) is 3.72. The van der Waals surface area contributed by atoms with Crippen molar-refractivity contribution < 1.29 is 9.53 Å². The second-order valence-electron chi connectivity index (χ2n) is 5.63. The summed E-state index contributed by atoms with van der Waals surface area (Å²) in [6, 6.07) is 0. The summed E-state index contributed by atoms with van der Waals surface area (Å²) < 4.78 is 5.43. The lowest BCUT2D eigenvalue weighted by molar-refractivity contribution is -0.147. The Morgan fingerprint density at radius 3 is 2.76 bits per heavy atom. The summed E-state index contributed by atoms with van der Waals surface area (Å²) in [5.74, 6) is 0.916. The molecule has 1 rings (SSSR count). The molecule has 0 bridgehead atoms. The SMILES string of the molecule is C=CC(=O)OC(C)(C)C1=CC(C(C)C)CCC1. The van der Waals surface area contributed by atoms with Gasteiger partial charge in [-0.1, -0.05) is 26.5 Å². The number of hydrogen-bond donors (Lipinski definition) is 0. The first-order valence-electron chi connectivity index (χ1n) is 6.43. The molecule has 96 valence electrons. The maximum absolute atomic E-state index is 11.3. The summed E-state index contributed by atoms with van der Waals surface area (Å²) in [7, 11) is 0. The number of ether oxygens (including phenoxy) is 1. The quantitative estimate of drug-likeness (QED) is 0.420. The molecule has 0 aromatic carbocycles. The van der Waals surface area contributed by atoms with E-state index in [0.29, 0.717) is 11.8 Å². The fraction of sp³-hybridized carbons (Fsp3) is 0.667. The van der Waals surface area contributed by atoms with Crippen LogP contribution in [0.5, 0.6) is 0 Å². The van der Waals surface area contributed by atoms with Gasteiger partial charge < -0.3 is 4.74 Å². The highest BCUT2D eigenvalue weighted by Crippen LogP contribution is 2.35. The number of hydrogen-bond acceptors (Lipinski definition) is 2. The molecule has 0 fully saturated rings. The summed E-state index contributed by atoms with van der Waals surface area (Å²) in [5, 5.41) is 0. The Morgan fingerprint density at radius 2 is 2.24 bits per heavy atom. The van der Waals surface area contributed by atoms with Crippen molar-refractivity contribution >= 4 is 5.97 Å². The predicted octanol–water partition coefficient (Wildman–Crippen LogP) is 3.88. The molecular formula is C15H24O2. The molecule has 0 amide bonds. The van der Waals surface area contributed by atoms with Crippen LogP contribution in [0.3, 0.4) is 0 Å². The minimum atomic E-state index is -0.501. The second-order valence-corrected chi connectivity index (χ2v) is 5.63. The van der Waals surface area contributed by atoms with Gasteiger partial charge in [-0.15, -0.1) is 0 Å². The maximum atomic E-state index is 11.3. The van der Waals surface area contributed by atoms with E-state index >= 15 is 0 Å². The number of carbonyl (C=O) groups is 1. The van der Waals surface area contributed by atoms with Gasteiger partial charge in [0.15, 0.2) is 0 Å². The highest BCUT2D eigenvalue weighted by molar-refractivity contribution is 5.81. The van der Waals surface area contributed by atoms with E-state index in [1.165, 1.54) is 24.5 Å². The molecule has 2 heteroatoms. The predicted molar refractivity (Wildman–Crippen MR) is 70.6 cm³/mol. The van der Waals surface area contributed by atoms with Crippen LogP contribution in [0, 0.1) is 11.8 Å². The molecule has 0 spiro atoms. The molecule has 0 radical (unpaired) electrons. The van der Waals surface area contributed by atoms with Crippen molar-refractivity contribution in [3.8, 4) is 0 Å². The van der Waals surface area contributed by atoms with Gasteiger partial charge in [-0.2, -0.15) is 0 Å². The van der Waals surface area contributed by atoms with E-state index in [0.717, 1.165) is 6.42 Å². The molecule has 0 N–H and O–H groups in total. The first-order valence-corrected chi connectivity index (χ1v) is 6.43. The van der Waals surface area contributed by atoms with E-state index in [9.17, 15) is 4.79 Å². The van der Waals surface area contributed by atoms with Crippen LogP contribution in [0.2, 0.25) is 0 Å². The van der Waals surface area contributed by atoms with E-state index < -0.39 is 5.60 Å². The Morgan fingerprint density at radius 1 is 1.59 bits per heavy atom. The van der Waals surface area contributed by atoms with Crippen LogP contribution in [0.4, 0.5) is 0 Å². The number of carbonyl (C=O) groups excluding carboxylic acids is 1. The molecule has 0 saturated carbocycles. The van der Waals surface area contributed by atoms with Crippen LogP contribution in [-0.2, 0) is 9.53 Å². The normalized spacial score (nSPS) is 21.0. The third-order valence-corrected chi connectivity index (χ3v) is 3.55. The third-order valence-electron chi connectivity index (χ3n) is 3.55. The fourth-order valence-corrected chi connectivity index (χ4v) is 2.34. The average Bonchev–Trinajstić information content (AvgIpc) is 2.28. The molecule has 0 heterocycles. The molecule has 1 aliphatic rings. The molecule has 1 aliphatic carbocycles. The minimum absolute atomic E-state index is 0.345. The van der Waals surface area contributed by atoms with Gasteiger partial charge in [0.2, 0.25) is 0 Å². The van der Waals surface area contributed by atoms with Crippen molar-refractivity contribution in [2.75, 3.05) is 0 Å². The van der Waals surface area contributed by atoms with Gasteiger partial charge in [0.25, 0.3) is 0 Å². The van der Waals surface area contributed by atoms with Crippen molar-refractivity contribution in [2.45, 2.75) is 52.6 Å². The van der Waals surface area contributed by atoms with Crippen LogP contribution in [0.25, 0.3) is 0 Å². The van der Waals surface area contributed by atoms with E-state index in [2.05, 4.69) is 26.5 Å². The van der Waals surface area contributed by atoms with Gasteiger partial charge in [0, 0.05) is 6.08 Å². The Bertz CT molecular complexity index is 324. The van der Waals surface area contributed by atoms with Gasteiger partial charge in [0.1, 0.15) is 5.60 Å². The largest absolute Gasteiger partial charge is 0.452 e. The molecule has 17 heavy (non-hydrogen) atoms. The molecule has 0 aromatic heterocycles. The Labute approximate surface area is 105 Å². The zero-order chi connectivity index (χ0) is 13.1. The lowest BCUT2D eigenvalue weighted by Crippen LogP contribution is -2.32. The van der Waals surface area contributed by atoms with Crippen molar-refractivity contribution in [3.63, 3.8) is 0 Å². The van der Waals surface area contributed by atoms with Crippen molar-refractivity contribution in [1.29, 1.82) is 0 Å². The summed E-state index contributed by atoms with van der Waals surface area (Å²) in [5.41, 5.74) is 0.747. The standard InChI is InChI=1S/C15H24O2/c1-6-14(16)17-15(4,5)13-9-7-8-12(10-13)11(2)3/h6,10-12H,1,7-9H2,2-5H3. The van der Waals surface area contributed by atoms with E-state index in [4.69, 9.17) is 4.74 Å². The minimum Gasteiger partial charge on any atom is -0.452 e. The Hall–Kier alpha value is -1.05. The molecule has 0 aromatic rings. The van der Waals surface area contributed by atoms with Gasteiger partial charge in [-0.25, -0.2) is 4.79 Å². The Balaban J connectivity index is 2.82. The Kier molecular flexibility index (Phi) is 4.55. The molecule has 0 aliphatic heterocycles. The van der Waals surface area contributed by atoms with Gasteiger partial charge in [0.05, 0.1) is 0 Å². The maximum Gasteiger partial charge on any atom is 0.331 e. The molecular weight excluding hydrogens is 212 g/mol. The first-order chi connectivity index (χ1) is 7.86. The number of allylic oxidation sites excluding steroid dienone is 1. The van der Waals surface area contributed by atoms with E-state index in [1.54, 1.807) is 0 Å². The number of esters is 1. The number of rotatable bonds is 4. The average molecular weight is 236 g/mol. The summed E-state index contributed by atoms with van der Waals surface area (Å²) >= 11 is 0. The van der Waals surface area contributed by atoms with Crippen LogP contribution in [0.1, 0.15) is 47.0 Å². The zero-order valence-electron chi connectivity index (χ0n) is 11.5. The molecule has 1 unspecified atom stereocenters. The van der Waals surface area contributed by atoms with Crippen molar-refractivity contribution in [1.82, 2.24) is 0 Å². The van der Waals surface area contributed by atoms with E-state index in [-0.39, 0.29) is 5.97 Å². The van der Waals surface area contributed by atoms with Crippen LogP contribution < -0.4 is 0 Å². The lowest BCUT2D eigenvalue weighted by Gasteiger charge is -2.33. The summed E-state index contributed by atoms with van der Waals surface area (Å²) in [6.07, 6.45) is 6.99. The van der Waals surface area contributed by atoms with Crippen LogP contribution >= 0.6 is 0 Å². The van der Waals surface area contributed by atoms with Gasteiger partial charge >= 0.3 is 5.97 Å². The molecule has 0 saturated heterocycles. The van der Waals surface area contributed by atoms with Crippen molar-refractivity contribution in [3.05, 3.63) is 24.3 Å². The smallest absolute Gasteiger partial charge is 0.331 e. The van der Waals surface area contributed by atoms with E-state index in [1.807, 2.05) is 13.8 Å². The van der Waals surface area contributed by atoms with Crippen molar-refractivity contribution in [2.24, 2.45) is 11.8 Å². The first kappa shape index (κ1) is 14.0. The van der Waals surface area contributed by atoms with Crippen LogP contribution in [-0.4, -0.2) is 11.6 Å². The molecule has 2 nitrogen and oxygen atoms in total. The lowest BCUT2D eigenvalue weighted by atomic mass is 9.79. The van der Waals surface area contributed by atoms with Crippen LogP contribution in [0.15, 0.2) is 24.3 Å². The second kappa shape index (κ2) is 5.52. The zero-order valence-corrected chi connectivity index (χ0v) is 11.5.